The summed E-state index contributed by atoms with van der Waals surface area (Å²) in [5, 5.41) is 20.1. The smallest absolute Gasteiger partial charge is 0.335 e. The molecule has 7 heteroatoms. The van der Waals surface area contributed by atoms with Gasteiger partial charge in [0.2, 0.25) is 5.91 Å². The fraction of sp³-hybridized carbons (Fsp3) is 0.182. The Kier molecular flexibility index (Phi) is 2.88. The molecule has 18 heavy (non-hydrogen) atoms. The molecule has 1 amide bonds. The van der Waals surface area contributed by atoms with Gasteiger partial charge in [0.1, 0.15) is 6.54 Å². The summed E-state index contributed by atoms with van der Waals surface area (Å²) in [5.41, 5.74) is 0.848. The van der Waals surface area contributed by atoms with Crippen molar-refractivity contribution in [3.05, 3.63) is 23.8 Å². The zero-order valence-corrected chi connectivity index (χ0v) is 9.21. The molecule has 3 N–H and O–H groups in total. The molecule has 0 bridgehead atoms. The van der Waals surface area contributed by atoms with Gasteiger partial charge in [-0.3, -0.25) is 9.59 Å². The Morgan fingerprint density at radius 2 is 2.06 bits per heavy atom. The minimum atomic E-state index is -1.11. The van der Waals surface area contributed by atoms with Crippen LogP contribution in [0.3, 0.4) is 0 Å². The first-order valence-corrected chi connectivity index (χ1v) is 5.11. The number of benzene rings is 1. The molecule has 0 radical (unpaired) electrons. The van der Waals surface area contributed by atoms with Crippen LogP contribution in [0.5, 0.6) is 0 Å². The number of aliphatic carboxylic acids is 1. The van der Waals surface area contributed by atoms with Crippen LogP contribution in [0.4, 0.5) is 11.4 Å². The summed E-state index contributed by atoms with van der Waals surface area (Å²) in [4.78, 5) is 34.3. The number of carbonyl (C=O) groups excluding carboxylic acids is 1. The largest absolute Gasteiger partial charge is 0.480 e. The fourth-order valence-corrected chi connectivity index (χ4v) is 1.80. The predicted octanol–water partition coefficient (Wildman–Crippen LogP) is 0.228. The SMILES string of the molecule is O=C(O)CN1CC(=O)Nc2cc(C(=O)O)ccc21. The number of nitrogens with one attached hydrogen (secondary N) is 1. The van der Waals surface area contributed by atoms with Crippen LogP contribution >= 0.6 is 0 Å². The van der Waals surface area contributed by atoms with Gasteiger partial charge in [-0.15, -0.1) is 0 Å². The normalized spacial score (nSPS) is 13.8. The maximum Gasteiger partial charge on any atom is 0.335 e. The third-order valence-electron chi connectivity index (χ3n) is 2.52. The summed E-state index contributed by atoms with van der Waals surface area (Å²) in [7, 11) is 0. The highest BCUT2D eigenvalue weighted by Gasteiger charge is 2.24. The van der Waals surface area contributed by atoms with Gasteiger partial charge in [0.05, 0.1) is 23.5 Å². The van der Waals surface area contributed by atoms with Crippen molar-refractivity contribution < 1.29 is 24.6 Å². The van der Waals surface area contributed by atoms with E-state index in [1.165, 1.54) is 23.1 Å². The van der Waals surface area contributed by atoms with Gasteiger partial charge in [-0.25, -0.2) is 4.79 Å². The number of aromatic carboxylic acids is 1. The van der Waals surface area contributed by atoms with Crippen molar-refractivity contribution >= 4 is 29.2 Å². The van der Waals surface area contributed by atoms with Crippen LogP contribution in [0, 0.1) is 0 Å². The molecule has 0 aliphatic carbocycles. The lowest BCUT2D eigenvalue weighted by molar-refractivity contribution is -0.135. The number of amides is 1. The highest BCUT2D eigenvalue weighted by molar-refractivity contribution is 6.03. The molecule has 0 fully saturated rings. The molecule has 1 aliphatic rings. The number of anilines is 2. The van der Waals surface area contributed by atoms with E-state index in [9.17, 15) is 14.4 Å². The molecule has 2 rings (SSSR count). The maximum atomic E-state index is 11.4. The lowest BCUT2D eigenvalue weighted by Gasteiger charge is -2.29. The number of fused-ring (bicyclic) bond motifs is 1. The Labute approximate surface area is 102 Å². The van der Waals surface area contributed by atoms with E-state index in [-0.39, 0.29) is 24.6 Å². The standard InChI is InChI=1S/C11H10N2O5/c14-9-4-13(5-10(15)16)8-2-1-6(11(17)18)3-7(8)12-9/h1-3H,4-5H2,(H,12,14)(H,15,16)(H,17,18). The molecule has 94 valence electrons. The van der Waals surface area contributed by atoms with Crippen LogP contribution in [0.25, 0.3) is 0 Å². The van der Waals surface area contributed by atoms with Gasteiger partial charge in [-0.05, 0) is 18.2 Å². The fourth-order valence-electron chi connectivity index (χ4n) is 1.80. The first-order chi connectivity index (χ1) is 8.47. The van der Waals surface area contributed by atoms with Crippen LogP contribution in [-0.4, -0.2) is 41.1 Å². The molecule has 1 aliphatic heterocycles. The lowest BCUT2D eigenvalue weighted by Crippen LogP contribution is -2.41. The number of carboxylic acid groups (broad SMARTS) is 2. The van der Waals surface area contributed by atoms with E-state index in [1.807, 2.05) is 0 Å². The Hall–Kier alpha value is -2.57. The van der Waals surface area contributed by atoms with Crippen LogP contribution in [-0.2, 0) is 9.59 Å². The average molecular weight is 250 g/mol. The van der Waals surface area contributed by atoms with Gasteiger partial charge in [-0.1, -0.05) is 0 Å². The van der Waals surface area contributed by atoms with Crippen molar-refractivity contribution in [2.24, 2.45) is 0 Å². The summed E-state index contributed by atoms with van der Waals surface area (Å²) < 4.78 is 0. The van der Waals surface area contributed by atoms with E-state index in [4.69, 9.17) is 10.2 Å². The van der Waals surface area contributed by atoms with Crippen LogP contribution in [0.1, 0.15) is 10.4 Å². The maximum absolute atomic E-state index is 11.4. The zero-order valence-electron chi connectivity index (χ0n) is 9.21. The zero-order chi connectivity index (χ0) is 13.3. The second-order valence-corrected chi connectivity index (χ2v) is 3.84. The number of rotatable bonds is 3. The molecule has 1 heterocycles. The molecule has 0 aromatic heterocycles. The summed E-state index contributed by atoms with van der Waals surface area (Å²) in [6, 6.07) is 4.16. The van der Waals surface area contributed by atoms with Crippen LogP contribution in [0.2, 0.25) is 0 Å². The van der Waals surface area contributed by atoms with Crippen LogP contribution in [0.15, 0.2) is 18.2 Å². The van der Waals surface area contributed by atoms with Gasteiger partial charge >= 0.3 is 11.9 Å². The molecule has 0 spiro atoms. The summed E-state index contributed by atoms with van der Waals surface area (Å²) in [6.07, 6.45) is 0. The highest BCUT2D eigenvalue weighted by atomic mass is 16.4. The van der Waals surface area contributed by atoms with E-state index in [1.54, 1.807) is 0 Å². The van der Waals surface area contributed by atoms with Gasteiger partial charge in [0, 0.05) is 0 Å². The predicted molar refractivity (Wildman–Crippen MR) is 61.9 cm³/mol. The molecule has 0 atom stereocenters. The van der Waals surface area contributed by atoms with Gasteiger partial charge in [0.25, 0.3) is 0 Å². The number of nitrogens with zero attached hydrogens (tertiary/aromatic N) is 1. The van der Waals surface area contributed by atoms with Crippen molar-refractivity contribution in [3.8, 4) is 0 Å². The Balaban J connectivity index is 2.40. The number of carbonyl (C=O) groups is 3. The topological polar surface area (TPSA) is 107 Å². The minimum Gasteiger partial charge on any atom is -0.480 e. The monoisotopic (exact) mass is 250 g/mol. The number of hydrogen-bond donors (Lipinski definition) is 3. The molecule has 0 saturated heterocycles. The second-order valence-electron chi connectivity index (χ2n) is 3.84. The molecule has 0 saturated carbocycles. The average Bonchev–Trinajstić information content (AvgIpc) is 2.26. The molecule has 7 nitrogen and oxygen atoms in total. The van der Waals surface area contributed by atoms with E-state index in [0.717, 1.165) is 0 Å². The Morgan fingerprint density at radius 3 is 2.67 bits per heavy atom. The summed E-state index contributed by atoms with van der Waals surface area (Å²) >= 11 is 0. The van der Waals surface area contributed by atoms with Gasteiger partial charge in [0.15, 0.2) is 0 Å². The van der Waals surface area contributed by atoms with Gasteiger partial charge < -0.3 is 20.4 Å². The molecular formula is C11H10N2O5. The Bertz CT molecular complexity index is 540. The molecule has 0 unspecified atom stereocenters. The quantitative estimate of drug-likeness (QED) is 0.708. The van der Waals surface area contributed by atoms with Crippen molar-refractivity contribution in [2.45, 2.75) is 0 Å². The van der Waals surface area contributed by atoms with Crippen molar-refractivity contribution in [3.63, 3.8) is 0 Å². The van der Waals surface area contributed by atoms with Crippen LogP contribution < -0.4 is 10.2 Å². The minimum absolute atomic E-state index is 0.0335. The first-order valence-electron chi connectivity index (χ1n) is 5.11. The highest BCUT2D eigenvalue weighted by Crippen LogP contribution is 2.30. The third kappa shape index (κ3) is 2.24. The molecular weight excluding hydrogens is 240 g/mol. The third-order valence-corrected chi connectivity index (χ3v) is 2.52. The number of carboxylic acids is 2. The lowest BCUT2D eigenvalue weighted by atomic mass is 10.1. The summed E-state index contributed by atoms with van der Waals surface area (Å²) in [5.74, 6) is -2.54. The van der Waals surface area contributed by atoms with E-state index in [2.05, 4.69) is 5.32 Å². The van der Waals surface area contributed by atoms with Gasteiger partial charge in [-0.2, -0.15) is 0 Å². The van der Waals surface area contributed by atoms with E-state index in [0.29, 0.717) is 11.4 Å². The van der Waals surface area contributed by atoms with E-state index >= 15 is 0 Å². The molecule has 1 aromatic carbocycles. The first kappa shape index (κ1) is 11.9. The van der Waals surface area contributed by atoms with Crippen molar-refractivity contribution in [1.82, 2.24) is 0 Å². The second kappa shape index (κ2) is 4.36. The van der Waals surface area contributed by atoms with Crippen molar-refractivity contribution in [2.75, 3.05) is 23.3 Å². The summed E-state index contributed by atoms with van der Waals surface area (Å²) in [6.45, 7) is -0.376. The van der Waals surface area contributed by atoms with Crippen molar-refractivity contribution in [1.29, 1.82) is 0 Å². The number of hydrogen-bond acceptors (Lipinski definition) is 4. The Morgan fingerprint density at radius 1 is 1.33 bits per heavy atom. The van der Waals surface area contributed by atoms with E-state index < -0.39 is 11.9 Å². The molecule has 1 aromatic rings.